The summed E-state index contributed by atoms with van der Waals surface area (Å²) in [6, 6.07) is 0. The molecule has 1 atom stereocenters. The van der Waals surface area contributed by atoms with Crippen molar-refractivity contribution in [1.29, 1.82) is 0 Å². The second kappa shape index (κ2) is 54.1. The number of hydrogen-bond acceptors (Lipinski definition) is 23. The Hall–Kier alpha value is -10.3. The maximum atomic E-state index is 7.37. The Kier molecular flexibility index (Phi) is 49.5. The van der Waals surface area contributed by atoms with E-state index in [2.05, 4.69) is 311 Å². The van der Waals surface area contributed by atoms with Crippen LogP contribution in [0.25, 0.3) is 0 Å². The van der Waals surface area contributed by atoms with Gasteiger partial charge in [0.15, 0.2) is 17.3 Å². The van der Waals surface area contributed by atoms with Gasteiger partial charge >= 0.3 is 0 Å². The predicted octanol–water partition coefficient (Wildman–Crippen LogP) is 5.77. The molecule has 23 nitrogen and oxygen atoms in total. The zero-order valence-corrected chi connectivity index (χ0v) is 35.5. The summed E-state index contributed by atoms with van der Waals surface area (Å²) in [5, 5.41) is 83.5. The van der Waals surface area contributed by atoms with Gasteiger partial charge < -0.3 is 9.47 Å². The lowest BCUT2D eigenvalue weighted by atomic mass is 9.90. The maximum Gasteiger partial charge on any atom is 0.231 e. The number of rotatable bonds is 23. The molecule has 0 bridgehead atoms. The quantitative estimate of drug-likeness (QED) is 0.0180. The van der Waals surface area contributed by atoms with Crippen molar-refractivity contribution in [3.8, 4) is 95.7 Å². The maximum absolute atomic E-state index is 7.37. The van der Waals surface area contributed by atoms with Gasteiger partial charge in [-0.05, 0) is 258 Å². The van der Waals surface area contributed by atoms with Crippen LogP contribution in [0, 0.1) is 102 Å². The molecule has 0 aliphatic heterocycles. The van der Waals surface area contributed by atoms with E-state index in [-0.39, 0.29) is 34.2 Å². The molecular weight excluding hydrogens is 945 g/mol. The highest BCUT2D eigenvalue weighted by Gasteiger charge is 2.25. The molecule has 0 amide bonds. The van der Waals surface area contributed by atoms with Crippen LogP contribution in [-0.4, -0.2) is 21.0 Å². The zero-order chi connectivity index (χ0) is 53.1. The van der Waals surface area contributed by atoms with E-state index < -0.39 is 5.92 Å². The third kappa shape index (κ3) is 43.4. The van der Waals surface area contributed by atoms with Crippen molar-refractivity contribution in [2.75, 3.05) is 0 Å². The molecule has 352 valence electrons. The molecule has 0 spiro atoms. The summed E-state index contributed by atoms with van der Waals surface area (Å²) in [4.78, 5) is 0. The van der Waals surface area contributed by atoms with E-state index in [4.69, 9.17) is 43.3 Å². The lowest BCUT2D eigenvalue weighted by Crippen LogP contribution is -2.11. The van der Waals surface area contributed by atoms with Crippen molar-refractivity contribution in [2.45, 2.75) is 6.92 Å². The van der Waals surface area contributed by atoms with Crippen molar-refractivity contribution >= 4 is 0 Å². The smallest absolute Gasteiger partial charge is 0.231 e. The van der Waals surface area contributed by atoms with Gasteiger partial charge in [-0.15, -0.1) is 12.8 Å². The summed E-state index contributed by atoms with van der Waals surface area (Å²) in [7, 11) is 0. The van der Waals surface area contributed by atoms with Crippen molar-refractivity contribution in [3.63, 3.8) is 0 Å². The minimum Gasteiger partial charge on any atom is -0.444 e. The van der Waals surface area contributed by atoms with Crippen molar-refractivity contribution in [3.05, 3.63) is 177 Å². The lowest BCUT2D eigenvalue weighted by molar-refractivity contribution is -0.853. The third-order valence-electron chi connectivity index (χ3n) is 4.71. The molecule has 0 aromatic carbocycles. The van der Waals surface area contributed by atoms with Crippen LogP contribution in [0.15, 0.2) is 177 Å². The molecule has 0 aliphatic carbocycles. The Morgan fingerprint density at radius 2 is 0.845 bits per heavy atom. The molecule has 1 unspecified atom stereocenters. The van der Waals surface area contributed by atoms with Gasteiger partial charge in [0.1, 0.15) is 0 Å². The molecule has 23 heteroatoms. The monoisotopic (exact) mass is 966 g/mol. The Morgan fingerprint density at radius 1 is 0.423 bits per heavy atom. The largest absolute Gasteiger partial charge is 0.444 e. The molecule has 0 radical (unpaired) electrons. The predicted molar refractivity (Wildman–Crippen MR) is 223 cm³/mol. The molecule has 0 heterocycles. The van der Waals surface area contributed by atoms with Gasteiger partial charge in [0.25, 0.3) is 0 Å². The van der Waals surface area contributed by atoms with Gasteiger partial charge in [0, 0.05) is 12.5 Å². The molecule has 4 N–H and O–H groups in total. The summed E-state index contributed by atoms with van der Waals surface area (Å²) < 4.78 is 11.9. The summed E-state index contributed by atoms with van der Waals surface area (Å²) >= 11 is 0. The van der Waals surface area contributed by atoms with Crippen LogP contribution < -0.4 is 0 Å². The van der Waals surface area contributed by atoms with Crippen LogP contribution in [0.1, 0.15) is 6.92 Å². The average molecular weight is 967 g/mol. The summed E-state index contributed by atoms with van der Waals surface area (Å²) in [5.74, 6) is 34.0. The average Bonchev–Trinajstić information content (AvgIpc) is 3.38. The van der Waals surface area contributed by atoms with Crippen LogP contribution in [0.3, 0.4) is 0 Å². The van der Waals surface area contributed by atoms with E-state index in [0.29, 0.717) is 0 Å². The number of allylic oxidation sites excluding steroid dienone is 4. The second-order valence-corrected chi connectivity index (χ2v) is 8.62. The van der Waals surface area contributed by atoms with Crippen LogP contribution in [0.4, 0.5) is 0 Å². The first-order valence-electron chi connectivity index (χ1n) is 16.4. The Labute approximate surface area is 400 Å². The van der Waals surface area contributed by atoms with E-state index in [1.165, 1.54) is 0 Å². The second-order valence-electron chi connectivity index (χ2n) is 8.62. The number of terminal acetylenes is 2. The van der Waals surface area contributed by atoms with Gasteiger partial charge in [-0.25, -0.2) is 21.0 Å². The Bertz CT molecular complexity index is 3090. The number of ether oxygens (including phenoxy) is 2. The van der Waals surface area contributed by atoms with Crippen LogP contribution in [0.2, 0.25) is 0 Å². The van der Waals surface area contributed by atoms with Crippen molar-refractivity contribution in [2.24, 2.45) is 5.92 Å². The fourth-order valence-electron chi connectivity index (χ4n) is 2.68. The van der Waals surface area contributed by atoms with E-state index >= 15 is 0 Å². The number of hydrogen-bond donors (Lipinski definition) is 4. The molecular formula is C48H22O23. The molecule has 0 saturated carbocycles. The first-order chi connectivity index (χ1) is 34.8. The minimum atomic E-state index is -1.02. The highest BCUT2D eigenvalue weighted by Crippen LogP contribution is 2.31. The normalized spacial score (nSPS) is 7.59. The molecule has 71 heavy (non-hydrogen) atoms. The van der Waals surface area contributed by atoms with E-state index in [1.54, 1.807) is 6.92 Å². The van der Waals surface area contributed by atoms with Gasteiger partial charge in [-0.3, -0.25) is 0 Å². The van der Waals surface area contributed by atoms with Gasteiger partial charge in [-0.2, -0.15) is 0 Å². The topological polar surface area (TPSA) is 256 Å². The molecule has 0 saturated heterocycles. The van der Waals surface area contributed by atoms with E-state index in [0.717, 1.165) is 0 Å². The fourth-order valence-corrected chi connectivity index (χ4v) is 2.68. The van der Waals surface area contributed by atoms with Gasteiger partial charge in [-0.1, -0.05) is 53.5 Å². The van der Waals surface area contributed by atoms with Crippen molar-refractivity contribution in [1.82, 2.24) is 0 Å². The zero-order valence-electron chi connectivity index (χ0n) is 35.5. The lowest BCUT2D eigenvalue weighted by Gasteiger charge is -2.18. The third-order valence-corrected chi connectivity index (χ3v) is 4.71. The molecule has 0 aromatic rings. The van der Waals surface area contributed by atoms with Crippen LogP contribution in [-0.2, 0) is 95.1 Å². The molecule has 0 fully saturated rings. The Morgan fingerprint density at radius 3 is 1.31 bits per heavy atom. The summed E-state index contributed by atoms with van der Waals surface area (Å²) in [5.41, 5.74) is 46.8. The highest BCUT2D eigenvalue weighted by molar-refractivity contribution is 5.49. The standard InChI is InChI=1S/C48H18O2.H2O11.H2O10/c1-10-17-22-26-28-29-31-34-39-44(38-33-30-27-23-18-11-2)50-48(41-21-14-5)46(36-15-6)45(40-35-25-20-13-4)43(9)47(16-7)49-42(8)37-32-24-19-12-3;1-3-5-7-9-11-10-8-6-4-2;1-3-5-7-9-10-8-6-4-2/h1,4,45H,2-3,5-7,9H2,8H3;1-2H;1-2H. The van der Waals surface area contributed by atoms with Gasteiger partial charge in [0.2, 0.25) is 5.76 Å². The van der Waals surface area contributed by atoms with Crippen LogP contribution in [0.5, 0.6) is 0 Å². The van der Waals surface area contributed by atoms with Crippen LogP contribution >= 0.6 is 0 Å². The first-order valence-corrected chi connectivity index (χ1v) is 16.4. The summed E-state index contributed by atoms with van der Waals surface area (Å²) in [6.45, 7) is 23.4. The molecule has 0 aromatic heterocycles. The first kappa shape index (κ1) is 65.0. The summed E-state index contributed by atoms with van der Waals surface area (Å²) in [6.07, 6.45) is 10.3. The van der Waals surface area contributed by atoms with Gasteiger partial charge in [0.05, 0.1) is 11.5 Å². The van der Waals surface area contributed by atoms with E-state index in [9.17, 15) is 0 Å². The highest BCUT2D eigenvalue weighted by atomic mass is 17.9. The minimum absolute atomic E-state index is 0.0652. The Balaban J connectivity index is -0.00000180. The van der Waals surface area contributed by atoms with Crippen molar-refractivity contribution < 1.29 is 116 Å². The molecule has 0 aliphatic rings. The molecule has 0 rings (SSSR count). The van der Waals surface area contributed by atoms with E-state index in [1.807, 2.05) is 0 Å². The fraction of sp³-hybridized carbons (Fsp3) is 0.0417. The SMILES string of the molecule is C#CC#CC#CC#CC#CC(=C=C=C=C=C=C=C=C)OC(=C=C=C=C)C(=C=C=C)C(C#CC#CC#C)C(=C)C(=C=C)OC(C)=C=C=C=C=C=C.OOOOOOOOOO.OOOOOOOOOOO.